The minimum atomic E-state index is -0.136. The maximum absolute atomic E-state index is 2.48. The van der Waals surface area contributed by atoms with Crippen LogP contribution in [-0.2, 0) is 5.41 Å². The molecule has 1 aliphatic rings. The molecule has 0 atom stereocenters. The van der Waals surface area contributed by atoms with Crippen molar-refractivity contribution in [3.8, 4) is 39.1 Å². The van der Waals surface area contributed by atoms with Crippen molar-refractivity contribution in [2.24, 2.45) is 0 Å². The molecule has 0 radical (unpaired) electrons. The fraction of sp³-hybridized carbons (Fsp3) is 0.0508. The van der Waals surface area contributed by atoms with Crippen molar-refractivity contribution in [1.82, 2.24) is 4.57 Å². The van der Waals surface area contributed by atoms with Crippen molar-refractivity contribution in [3.05, 3.63) is 230 Å². The summed E-state index contributed by atoms with van der Waals surface area (Å²) in [5.74, 6) is 0. The number of nitrogens with zero attached hydrogens (tertiary/aromatic N) is 2. The van der Waals surface area contributed by atoms with Gasteiger partial charge in [-0.2, -0.15) is 0 Å². The van der Waals surface area contributed by atoms with Crippen LogP contribution in [0.25, 0.3) is 82.4 Å². The van der Waals surface area contributed by atoms with Crippen LogP contribution in [0.3, 0.4) is 0 Å². The van der Waals surface area contributed by atoms with Crippen molar-refractivity contribution < 1.29 is 0 Å². The number of rotatable bonds is 6. The lowest BCUT2D eigenvalue weighted by molar-refractivity contribution is 0.660. The van der Waals surface area contributed by atoms with Gasteiger partial charge in [-0.3, -0.25) is 0 Å². The number of hydrogen-bond acceptors (Lipinski definition) is 1. The average molecular weight is 779 g/mol. The molecule has 0 N–H and O–H groups in total. The van der Waals surface area contributed by atoms with E-state index in [1.807, 2.05) is 0 Å². The van der Waals surface area contributed by atoms with Gasteiger partial charge in [-0.25, -0.2) is 0 Å². The Morgan fingerprint density at radius 1 is 0.377 bits per heavy atom. The zero-order valence-electron chi connectivity index (χ0n) is 34.2. The molecule has 0 amide bonds. The Balaban J connectivity index is 1.11. The van der Waals surface area contributed by atoms with E-state index in [0.29, 0.717) is 0 Å². The van der Waals surface area contributed by atoms with Crippen molar-refractivity contribution in [2.45, 2.75) is 19.3 Å². The smallest absolute Gasteiger partial charge is 0.0547 e. The molecular weight excluding hydrogens is 737 g/mol. The third kappa shape index (κ3) is 5.49. The minimum absolute atomic E-state index is 0.136. The summed E-state index contributed by atoms with van der Waals surface area (Å²) in [4.78, 5) is 2.47. The van der Waals surface area contributed by atoms with Gasteiger partial charge in [0.15, 0.2) is 0 Å². The van der Waals surface area contributed by atoms with E-state index in [9.17, 15) is 0 Å². The van der Waals surface area contributed by atoms with E-state index >= 15 is 0 Å². The maximum atomic E-state index is 2.48. The van der Waals surface area contributed by atoms with Gasteiger partial charge in [0, 0.05) is 38.8 Å². The van der Waals surface area contributed by atoms with E-state index in [1.165, 1.54) is 87.9 Å². The lowest BCUT2D eigenvalue weighted by Gasteiger charge is -2.30. The van der Waals surface area contributed by atoms with Crippen LogP contribution in [0.2, 0.25) is 0 Å². The molecule has 0 spiro atoms. The summed E-state index contributed by atoms with van der Waals surface area (Å²) >= 11 is 0. The Hall–Kier alpha value is -7.68. The highest BCUT2D eigenvalue weighted by Crippen LogP contribution is 2.51. The summed E-state index contributed by atoms with van der Waals surface area (Å²) in [6, 6.07) is 80.5. The lowest BCUT2D eigenvalue weighted by atomic mass is 9.82. The van der Waals surface area contributed by atoms with Gasteiger partial charge in [-0.1, -0.05) is 178 Å². The van der Waals surface area contributed by atoms with Gasteiger partial charge in [0.25, 0.3) is 0 Å². The molecule has 1 aromatic heterocycles. The van der Waals surface area contributed by atoms with Gasteiger partial charge >= 0.3 is 0 Å². The number of aromatic nitrogens is 1. The zero-order valence-corrected chi connectivity index (χ0v) is 34.2. The van der Waals surface area contributed by atoms with E-state index < -0.39 is 0 Å². The highest BCUT2D eigenvalue weighted by Gasteiger charge is 2.36. The van der Waals surface area contributed by atoms with Gasteiger partial charge in [0.1, 0.15) is 0 Å². The highest BCUT2D eigenvalue weighted by atomic mass is 15.1. The normalized spacial score (nSPS) is 12.9. The summed E-state index contributed by atoms with van der Waals surface area (Å²) in [7, 11) is 0. The topological polar surface area (TPSA) is 8.17 Å². The Kier molecular flexibility index (Phi) is 7.92. The number of hydrogen-bond donors (Lipinski definition) is 0. The van der Waals surface area contributed by atoms with E-state index in [2.05, 4.69) is 242 Å². The average Bonchev–Trinajstić information content (AvgIpc) is 3.78. The first kappa shape index (κ1) is 35.3. The van der Waals surface area contributed by atoms with Crippen molar-refractivity contribution >= 4 is 60.4 Å². The summed E-state index contributed by atoms with van der Waals surface area (Å²) in [6.07, 6.45) is 0. The van der Waals surface area contributed by atoms with Gasteiger partial charge in [-0.15, -0.1) is 0 Å². The molecule has 2 heteroatoms. The molecule has 0 fully saturated rings. The zero-order chi connectivity index (χ0) is 40.7. The summed E-state index contributed by atoms with van der Waals surface area (Å²) in [5, 5.41) is 7.52. The van der Waals surface area contributed by atoms with Crippen LogP contribution >= 0.6 is 0 Å². The summed E-state index contributed by atoms with van der Waals surface area (Å²) in [6.45, 7) is 4.73. The number of fused-ring (bicyclic) bond motifs is 9. The molecule has 0 saturated heterocycles. The first-order chi connectivity index (χ1) is 30.0. The summed E-state index contributed by atoms with van der Waals surface area (Å²) in [5.41, 5.74) is 16.9. The first-order valence-electron chi connectivity index (χ1n) is 21.3. The van der Waals surface area contributed by atoms with Crippen LogP contribution in [0.4, 0.5) is 17.1 Å². The Labute approximate surface area is 356 Å². The molecule has 0 aliphatic heterocycles. The second-order valence-electron chi connectivity index (χ2n) is 16.9. The maximum Gasteiger partial charge on any atom is 0.0547 e. The summed E-state index contributed by atoms with van der Waals surface area (Å²) < 4.78 is 2.48. The van der Waals surface area contributed by atoms with Crippen LogP contribution in [0, 0.1) is 0 Å². The van der Waals surface area contributed by atoms with Crippen LogP contribution in [-0.4, -0.2) is 4.57 Å². The monoisotopic (exact) mass is 778 g/mol. The Bertz CT molecular complexity index is 3520. The molecule has 288 valence electrons. The molecule has 0 bridgehead atoms. The van der Waals surface area contributed by atoms with Crippen molar-refractivity contribution in [1.29, 1.82) is 0 Å². The van der Waals surface area contributed by atoms with Crippen LogP contribution < -0.4 is 4.90 Å². The van der Waals surface area contributed by atoms with Gasteiger partial charge in [0.2, 0.25) is 0 Å². The fourth-order valence-corrected chi connectivity index (χ4v) is 10.3. The van der Waals surface area contributed by atoms with E-state index in [4.69, 9.17) is 0 Å². The standard InChI is InChI=1S/C59H42N2/c1-59(2)52-27-12-10-25-50(52)51-34-33-46(38-53(51)59)60(54-28-13-11-23-47(54)40-17-4-3-5-18-40)44-21-14-22-45(37-44)61-55-29-15-26-49(43-31-30-39-16-6-7-20-42(39)36-43)58(55)57-48-24-9-8-19-41(48)32-35-56(57)61/h3-38H,1-2H3. The number of benzene rings is 10. The number of anilines is 3. The molecular formula is C59H42N2. The first-order valence-corrected chi connectivity index (χ1v) is 21.3. The third-order valence-corrected chi connectivity index (χ3v) is 13.1. The highest BCUT2D eigenvalue weighted by molar-refractivity contribution is 6.25. The largest absolute Gasteiger partial charge is 0.310 e. The van der Waals surface area contributed by atoms with E-state index in [-0.39, 0.29) is 5.41 Å². The van der Waals surface area contributed by atoms with Crippen molar-refractivity contribution in [2.75, 3.05) is 4.90 Å². The quantitative estimate of drug-likeness (QED) is 0.163. The Morgan fingerprint density at radius 2 is 1.03 bits per heavy atom. The van der Waals surface area contributed by atoms with Crippen LogP contribution in [0.15, 0.2) is 218 Å². The predicted molar refractivity (Wildman–Crippen MR) is 259 cm³/mol. The molecule has 1 aliphatic carbocycles. The molecule has 0 saturated carbocycles. The lowest BCUT2D eigenvalue weighted by Crippen LogP contribution is -2.17. The SMILES string of the molecule is CC1(C)c2ccccc2-c2ccc(N(c3cccc(-n4c5cccc(-c6ccc7ccccc7c6)c5c5c6ccccc6ccc54)c3)c3ccccc3-c3ccccc3)cc21. The molecule has 10 aromatic carbocycles. The second kappa shape index (κ2) is 13.7. The molecule has 12 rings (SSSR count). The minimum Gasteiger partial charge on any atom is -0.310 e. The Morgan fingerprint density at radius 3 is 1.92 bits per heavy atom. The molecule has 11 aromatic rings. The second-order valence-corrected chi connectivity index (χ2v) is 16.9. The van der Waals surface area contributed by atoms with E-state index in [0.717, 1.165) is 22.7 Å². The molecule has 2 nitrogen and oxygen atoms in total. The molecule has 1 heterocycles. The van der Waals surface area contributed by atoms with Crippen LogP contribution in [0.5, 0.6) is 0 Å². The van der Waals surface area contributed by atoms with Crippen LogP contribution in [0.1, 0.15) is 25.0 Å². The van der Waals surface area contributed by atoms with Gasteiger partial charge < -0.3 is 9.47 Å². The molecule has 61 heavy (non-hydrogen) atoms. The number of para-hydroxylation sites is 1. The van der Waals surface area contributed by atoms with E-state index in [1.54, 1.807) is 0 Å². The third-order valence-electron chi connectivity index (χ3n) is 13.1. The molecule has 0 unspecified atom stereocenters. The van der Waals surface area contributed by atoms with Gasteiger partial charge in [-0.05, 0) is 115 Å². The van der Waals surface area contributed by atoms with Gasteiger partial charge in [0.05, 0.1) is 16.7 Å². The fourth-order valence-electron chi connectivity index (χ4n) is 10.3. The predicted octanol–water partition coefficient (Wildman–Crippen LogP) is 16.2. The van der Waals surface area contributed by atoms with Crippen molar-refractivity contribution in [3.63, 3.8) is 0 Å².